The summed E-state index contributed by atoms with van der Waals surface area (Å²) in [5.41, 5.74) is 0.783. The first kappa shape index (κ1) is 25.6. The van der Waals surface area contributed by atoms with Gasteiger partial charge in [-0.05, 0) is 17.7 Å². The van der Waals surface area contributed by atoms with Crippen molar-refractivity contribution in [1.29, 1.82) is 0 Å². The van der Waals surface area contributed by atoms with E-state index in [1.54, 1.807) is 27.6 Å². The first-order valence-electron chi connectivity index (χ1n) is 13.8. The SMILES string of the molecule is CN1CC=C[C@@H]2O[C@]34C=CCN(Cn5nnc6ccccc65)C(=O)C3N([C@H](CO)c3ccccc3)C(=O)[C@@H]4[C@@H]2C1=O. The predicted molar refractivity (Wildman–Crippen MR) is 147 cm³/mol. The zero-order valence-corrected chi connectivity index (χ0v) is 22.5. The Morgan fingerprint density at radius 3 is 2.59 bits per heavy atom. The van der Waals surface area contributed by atoms with E-state index in [4.69, 9.17) is 4.74 Å². The van der Waals surface area contributed by atoms with Crippen molar-refractivity contribution in [2.45, 2.75) is 30.5 Å². The van der Waals surface area contributed by atoms with Crippen molar-refractivity contribution in [2.24, 2.45) is 11.8 Å². The number of fused-ring (bicyclic) bond motifs is 3. The lowest BCUT2D eigenvalue weighted by atomic mass is 9.77. The largest absolute Gasteiger partial charge is 0.394 e. The third-order valence-electron chi connectivity index (χ3n) is 8.80. The molecule has 4 aliphatic heterocycles. The molecule has 41 heavy (non-hydrogen) atoms. The minimum absolute atomic E-state index is 0.104. The summed E-state index contributed by atoms with van der Waals surface area (Å²) in [6, 6.07) is 14.7. The first-order valence-corrected chi connectivity index (χ1v) is 13.8. The zero-order valence-electron chi connectivity index (χ0n) is 22.5. The van der Waals surface area contributed by atoms with Gasteiger partial charge >= 0.3 is 0 Å². The number of hydrogen-bond acceptors (Lipinski definition) is 7. The van der Waals surface area contributed by atoms with E-state index in [-0.39, 0.29) is 30.9 Å². The van der Waals surface area contributed by atoms with Crippen molar-refractivity contribution in [1.82, 2.24) is 29.7 Å². The average molecular weight is 555 g/mol. The lowest BCUT2D eigenvalue weighted by molar-refractivity contribution is -0.152. The van der Waals surface area contributed by atoms with Gasteiger partial charge in [0.15, 0.2) is 0 Å². The molecule has 1 N–H and O–H groups in total. The maximum atomic E-state index is 14.6. The first-order chi connectivity index (χ1) is 19.9. The van der Waals surface area contributed by atoms with Crippen molar-refractivity contribution in [3.05, 3.63) is 84.5 Å². The lowest BCUT2D eigenvalue weighted by Crippen LogP contribution is -2.56. The van der Waals surface area contributed by atoms with E-state index >= 15 is 0 Å². The second-order valence-corrected chi connectivity index (χ2v) is 11.0. The number of benzene rings is 2. The molecular weight excluding hydrogens is 524 g/mol. The standard InChI is InChI=1S/C30H30N6O5/c1-33-15-7-13-23-24(27(33)38)25-28(39)36(22(17-37)19-9-3-2-4-10-19)26-29(40)34(16-8-14-30(25,26)41-23)18-35-21-12-6-5-11-20(21)31-32-35/h2-14,22-26,37H,15-18H2,1H3/t22-,23+,24-,25+,26?,30+/m1/s1. The number of para-hydroxylation sites is 1. The second kappa shape index (κ2) is 9.64. The van der Waals surface area contributed by atoms with E-state index in [9.17, 15) is 19.5 Å². The van der Waals surface area contributed by atoms with Gasteiger partial charge in [0, 0.05) is 20.1 Å². The second-order valence-electron chi connectivity index (χ2n) is 11.0. The van der Waals surface area contributed by atoms with Gasteiger partial charge in [0.25, 0.3) is 5.91 Å². The molecule has 11 nitrogen and oxygen atoms in total. The highest BCUT2D eigenvalue weighted by Crippen LogP contribution is 2.55. The summed E-state index contributed by atoms with van der Waals surface area (Å²) in [6.07, 6.45) is 6.67. The molecule has 4 aliphatic rings. The monoisotopic (exact) mass is 554 g/mol. The van der Waals surface area contributed by atoms with Crippen LogP contribution in [0.15, 0.2) is 78.9 Å². The average Bonchev–Trinajstić information content (AvgIpc) is 3.55. The summed E-state index contributed by atoms with van der Waals surface area (Å²) in [4.78, 5) is 47.4. The number of carbonyl (C=O) groups excluding carboxylic acids is 3. The molecule has 1 unspecified atom stereocenters. The Morgan fingerprint density at radius 1 is 1.00 bits per heavy atom. The van der Waals surface area contributed by atoms with Crippen LogP contribution in [0, 0.1) is 11.8 Å². The number of nitrogens with zero attached hydrogens (tertiary/aromatic N) is 6. The van der Waals surface area contributed by atoms with Gasteiger partial charge in [-0.3, -0.25) is 14.4 Å². The van der Waals surface area contributed by atoms with Gasteiger partial charge in [-0.25, -0.2) is 4.68 Å². The number of rotatable bonds is 5. The highest BCUT2D eigenvalue weighted by Gasteiger charge is 2.72. The Bertz CT molecular complexity index is 1590. The Hall–Kier alpha value is -4.35. The summed E-state index contributed by atoms with van der Waals surface area (Å²) >= 11 is 0. The van der Waals surface area contributed by atoms with Crippen molar-refractivity contribution in [2.75, 3.05) is 26.7 Å². The van der Waals surface area contributed by atoms with E-state index in [1.807, 2.05) is 72.8 Å². The quantitative estimate of drug-likeness (QED) is 0.470. The van der Waals surface area contributed by atoms with Gasteiger partial charge in [0.1, 0.15) is 23.8 Å². The van der Waals surface area contributed by atoms with Gasteiger partial charge in [-0.2, -0.15) is 0 Å². The fourth-order valence-electron chi connectivity index (χ4n) is 6.93. The molecule has 2 fully saturated rings. The minimum atomic E-state index is -1.39. The molecule has 3 amide bonds. The lowest BCUT2D eigenvalue weighted by Gasteiger charge is -2.38. The molecule has 3 aromatic rings. The van der Waals surface area contributed by atoms with E-state index in [0.717, 1.165) is 5.52 Å². The van der Waals surface area contributed by atoms with E-state index in [1.165, 1.54) is 4.90 Å². The number of aromatic nitrogens is 3. The molecule has 2 aromatic carbocycles. The normalized spacial score (nSPS) is 29.9. The number of amides is 3. The van der Waals surface area contributed by atoms with Crippen molar-refractivity contribution in [3.8, 4) is 0 Å². The molecule has 0 bridgehead atoms. The van der Waals surface area contributed by atoms with Gasteiger partial charge in [-0.1, -0.05) is 72.0 Å². The van der Waals surface area contributed by atoms with Crippen LogP contribution >= 0.6 is 0 Å². The summed E-state index contributed by atoms with van der Waals surface area (Å²) in [5.74, 6) is -2.65. The summed E-state index contributed by atoms with van der Waals surface area (Å²) in [6.45, 7) is 0.361. The molecule has 210 valence electrons. The minimum Gasteiger partial charge on any atom is -0.394 e. The highest BCUT2D eigenvalue weighted by atomic mass is 16.5. The number of hydrogen-bond donors (Lipinski definition) is 1. The van der Waals surface area contributed by atoms with E-state index in [2.05, 4.69) is 10.3 Å². The Kier molecular flexibility index (Phi) is 6.02. The number of ether oxygens (including phenoxy) is 1. The zero-order chi connectivity index (χ0) is 28.3. The van der Waals surface area contributed by atoms with Crippen LogP contribution in [0.4, 0.5) is 0 Å². The molecule has 6 atom stereocenters. The van der Waals surface area contributed by atoms with Crippen LogP contribution in [-0.4, -0.2) is 97.0 Å². The molecule has 1 spiro atoms. The predicted octanol–water partition coefficient (Wildman–Crippen LogP) is 1.13. The number of carbonyl (C=O) groups is 3. The Morgan fingerprint density at radius 2 is 1.78 bits per heavy atom. The van der Waals surface area contributed by atoms with Gasteiger partial charge in [-0.15, -0.1) is 5.10 Å². The Labute approximate surface area is 236 Å². The van der Waals surface area contributed by atoms with Crippen molar-refractivity contribution >= 4 is 28.8 Å². The van der Waals surface area contributed by atoms with Crippen LogP contribution in [0.25, 0.3) is 11.0 Å². The fourth-order valence-corrected chi connectivity index (χ4v) is 6.93. The number of likely N-dealkylation sites (tertiary alicyclic amines) is 1. The van der Waals surface area contributed by atoms with E-state index < -0.39 is 42.2 Å². The summed E-state index contributed by atoms with van der Waals surface area (Å²) in [7, 11) is 1.70. The number of aliphatic hydroxyl groups is 1. The van der Waals surface area contributed by atoms with E-state index in [0.29, 0.717) is 17.6 Å². The van der Waals surface area contributed by atoms with Crippen LogP contribution < -0.4 is 0 Å². The molecule has 0 radical (unpaired) electrons. The molecule has 11 heteroatoms. The molecule has 5 heterocycles. The van der Waals surface area contributed by atoms with Crippen LogP contribution in [0.1, 0.15) is 11.6 Å². The van der Waals surface area contributed by atoms with Gasteiger partial charge < -0.3 is 24.5 Å². The molecule has 0 saturated carbocycles. The topological polar surface area (TPSA) is 121 Å². The summed E-state index contributed by atoms with van der Waals surface area (Å²) in [5, 5.41) is 19.1. The third kappa shape index (κ3) is 3.76. The molecule has 2 saturated heterocycles. The van der Waals surface area contributed by atoms with Crippen LogP contribution in [0.2, 0.25) is 0 Å². The third-order valence-corrected chi connectivity index (χ3v) is 8.80. The maximum absolute atomic E-state index is 14.6. The van der Waals surface area contributed by atoms with Crippen molar-refractivity contribution < 1.29 is 24.2 Å². The molecule has 0 aliphatic carbocycles. The van der Waals surface area contributed by atoms with Gasteiger partial charge in [0.2, 0.25) is 11.8 Å². The van der Waals surface area contributed by atoms with Crippen LogP contribution in [0.5, 0.6) is 0 Å². The Balaban J connectivity index is 1.35. The molecular formula is C30H30N6O5. The fraction of sp³-hybridized carbons (Fsp3) is 0.367. The molecule has 7 rings (SSSR count). The van der Waals surface area contributed by atoms with Crippen LogP contribution in [0.3, 0.4) is 0 Å². The van der Waals surface area contributed by atoms with Crippen LogP contribution in [-0.2, 0) is 25.8 Å². The molecule has 1 aromatic heterocycles. The van der Waals surface area contributed by atoms with Gasteiger partial charge in [0.05, 0.1) is 36.1 Å². The smallest absolute Gasteiger partial charge is 0.250 e. The number of aliphatic hydroxyl groups excluding tert-OH is 1. The number of likely N-dealkylation sites (N-methyl/N-ethyl adjacent to an activating group) is 1. The maximum Gasteiger partial charge on any atom is 0.250 e. The highest BCUT2D eigenvalue weighted by molar-refractivity contribution is 6.00. The summed E-state index contributed by atoms with van der Waals surface area (Å²) < 4.78 is 8.32. The van der Waals surface area contributed by atoms with Crippen molar-refractivity contribution in [3.63, 3.8) is 0 Å².